The highest BCUT2D eigenvalue weighted by Gasteiger charge is 2.18. The van der Waals surface area contributed by atoms with Crippen LogP contribution in [0.15, 0.2) is 54.7 Å². The Hall–Kier alpha value is -3.95. The number of H-pyrrole nitrogens is 1. The molecule has 35 heavy (non-hydrogen) atoms. The lowest BCUT2D eigenvalue weighted by molar-refractivity contribution is 0.211. The summed E-state index contributed by atoms with van der Waals surface area (Å²) in [5.74, 6) is -0.126. The van der Waals surface area contributed by atoms with Gasteiger partial charge in [0.25, 0.3) is 0 Å². The first-order chi connectivity index (χ1) is 16.9. The minimum absolute atomic E-state index is 0.0859. The van der Waals surface area contributed by atoms with Crippen LogP contribution in [0.2, 0.25) is 0 Å². The van der Waals surface area contributed by atoms with E-state index in [0.29, 0.717) is 29.8 Å². The summed E-state index contributed by atoms with van der Waals surface area (Å²) < 4.78 is 18.7. The van der Waals surface area contributed by atoms with Gasteiger partial charge in [-0.25, -0.2) is 14.2 Å². The second kappa shape index (κ2) is 10.5. The van der Waals surface area contributed by atoms with E-state index in [2.05, 4.69) is 28.3 Å². The number of nitrogens with zero attached hydrogens (tertiary/aromatic N) is 2. The zero-order valence-corrected chi connectivity index (χ0v) is 19.6. The van der Waals surface area contributed by atoms with E-state index < -0.39 is 6.09 Å². The number of carbonyl (C=O) groups is 1. The van der Waals surface area contributed by atoms with Gasteiger partial charge >= 0.3 is 6.09 Å². The number of amides is 1. The summed E-state index contributed by atoms with van der Waals surface area (Å²) in [5.41, 5.74) is 11.0. The highest BCUT2D eigenvalue weighted by atomic mass is 19.1. The molecule has 5 N–H and O–H groups in total. The van der Waals surface area contributed by atoms with Gasteiger partial charge in [-0.05, 0) is 66.6 Å². The number of pyridine rings is 1. The van der Waals surface area contributed by atoms with Crippen LogP contribution >= 0.6 is 0 Å². The van der Waals surface area contributed by atoms with Crippen LogP contribution in [0.25, 0.3) is 22.3 Å². The number of fused-ring (bicyclic) bond motifs is 1. The Bertz CT molecular complexity index is 1340. The molecule has 0 aliphatic heterocycles. The molecule has 0 aliphatic rings. The van der Waals surface area contributed by atoms with Crippen molar-refractivity contribution in [2.75, 3.05) is 25.5 Å². The zero-order valence-electron chi connectivity index (χ0n) is 19.6. The number of aliphatic hydroxyl groups excluding tert-OH is 1. The Morgan fingerprint density at radius 3 is 2.71 bits per heavy atom. The topological polar surface area (TPSA) is 116 Å². The SMILES string of the molecule is CCc1c(CN(C)CCO)cccc1Nc1c(OC(N)=O)cnc2[nH]c(-c3ccc(F)cc3)cc12. The molecule has 0 unspecified atom stereocenters. The molecule has 0 saturated heterocycles. The number of carbonyl (C=O) groups excluding carboxylic acids is 1. The number of primary amides is 1. The number of likely N-dealkylation sites (N-methyl/N-ethyl adjacent to an activating group) is 1. The van der Waals surface area contributed by atoms with Gasteiger partial charge in [0.1, 0.15) is 11.5 Å². The summed E-state index contributed by atoms with van der Waals surface area (Å²) in [6, 6.07) is 14.0. The first-order valence-corrected chi connectivity index (χ1v) is 11.3. The summed E-state index contributed by atoms with van der Waals surface area (Å²) >= 11 is 0. The maximum absolute atomic E-state index is 13.4. The molecule has 1 amide bonds. The Labute approximate surface area is 202 Å². The van der Waals surface area contributed by atoms with Crippen LogP contribution < -0.4 is 15.8 Å². The van der Waals surface area contributed by atoms with Crippen LogP contribution in [-0.4, -0.2) is 46.3 Å². The molecule has 2 heterocycles. The van der Waals surface area contributed by atoms with Crippen LogP contribution in [0, 0.1) is 5.82 Å². The van der Waals surface area contributed by atoms with Crippen molar-refractivity contribution in [2.45, 2.75) is 19.9 Å². The quantitative estimate of drug-likeness (QED) is 0.281. The normalized spacial score (nSPS) is 11.2. The number of nitrogens with two attached hydrogens (primary N) is 1. The number of nitrogens with one attached hydrogen (secondary N) is 2. The molecule has 182 valence electrons. The molecule has 4 aromatic rings. The summed E-state index contributed by atoms with van der Waals surface area (Å²) in [6.45, 7) is 3.40. The molecule has 0 radical (unpaired) electrons. The largest absolute Gasteiger partial charge is 0.410 e. The maximum Gasteiger partial charge on any atom is 0.410 e. The second-order valence-electron chi connectivity index (χ2n) is 8.25. The third-order valence-corrected chi connectivity index (χ3v) is 5.80. The first-order valence-electron chi connectivity index (χ1n) is 11.3. The van der Waals surface area contributed by atoms with Crippen molar-refractivity contribution >= 4 is 28.5 Å². The average Bonchev–Trinajstić information content (AvgIpc) is 3.26. The second-order valence-corrected chi connectivity index (χ2v) is 8.25. The number of halogens is 1. The summed E-state index contributed by atoms with van der Waals surface area (Å²) in [6.07, 6.45) is 1.25. The van der Waals surface area contributed by atoms with Gasteiger partial charge in [-0.15, -0.1) is 0 Å². The molecule has 2 aromatic carbocycles. The van der Waals surface area contributed by atoms with Crippen molar-refractivity contribution in [3.05, 3.63) is 71.7 Å². The van der Waals surface area contributed by atoms with Gasteiger partial charge in [-0.2, -0.15) is 0 Å². The fourth-order valence-electron chi connectivity index (χ4n) is 4.15. The minimum Gasteiger partial charge on any atom is -0.407 e. The van der Waals surface area contributed by atoms with Crippen LogP contribution in [0.4, 0.5) is 20.6 Å². The van der Waals surface area contributed by atoms with E-state index in [1.165, 1.54) is 18.3 Å². The smallest absolute Gasteiger partial charge is 0.407 e. The van der Waals surface area contributed by atoms with Crippen LogP contribution in [-0.2, 0) is 13.0 Å². The molecular formula is C26H28FN5O3. The lowest BCUT2D eigenvalue weighted by Gasteiger charge is -2.21. The van der Waals surface area contributed by atoms with E-state index in [-0.39, 0.29) is 18.2 Å². The number of aliphatic hydroxyl groups is 1. The Balaban J connectivity index is 1.80. The van der Waals surface area contributed by atoms with Crippen molar-refractivity contribution in [3.63, 3.8) is 0 Å². The molecule has 0 atom stereocenters. The Morgan fingerprint density at radius 2 is 2.03 bits per heavy atom. The highest BCUT2D eigenvalue weighted by Crippen LogP contribution is 2.38. The zero-order chi connectivity index (χ0) is 24.9. The lowest BCUT2D eigenvalue weighted by atomic mass is 10.0. The van der Waals surface area contributed by atoms with E-state index in [0.717, 1.165) is 34.5 Å². The van der Waals surface area contributed by atoms with Gasteiger partial charge < -0.3 is 25.9 Å². The van der Waals surface area contributed by atoms with E-state index in [9.17, 15) is 14.3 Å². The van der Waals surface area contributed by atoms with Crippen molar-refractivity contribution < 1.29 is 19.0 Å². The molecular weight excluding hydrogens is 449 g/mol. The van der Waals surface area contributed by atoms with Gasteiger partial charge in [0, 0.05) is 29.9 Å². The summed E-state index contributed by atoms with van der Waals surface area (Å²) in [4.78, 5) is 21.3. The fourth-order valence-corrected chi connectivity index (χ4v) is 4.15. The maximum atomic E-state index is 13.4. The van der Waals surface area contributed by atoms with Gasteiger partial charge in [0.2, 0.25) is 0 Å². The first kappa shape index (κ1) is 24.2. The van der Waals surface area contributed by atoms with Crippen LogP contribution in [0.5, 0.6) is 5.75 Å². The van der Waals surface area contributed by atoms with Gasteiger partial charge in [-0.1, -0.05) is 19.1 Å². The molecule has 2 aromatic heterocycles. The highest BCUT2D eigenvalue weighted by molar-refractivity contribution is 5.98. The van der Waals surface area contributed by atoms with E-state index in [4.69, 9.17) is 10.5 Å². The standard InChI is InChI=1S/C26H28FN5O3/c1-3-19-17(15-32(2)11-12-33)5-4-6-21(19)30-24-20-13-22(16-7-9-18(27)10-8-16)31-25(20)29-14-23(24)35-26(28)34/h4-10,13-14,33H,3,11-12,15H2,1-2H3,(H2,28,34)(H2,29,30,31). The predicted octanol–water partition coefficient (Wildman–Crippen LogP) is 4.56. The van der Waals surface area contributed by atoms with Crippen molar-refractivity contribution in [2.24, 2.45) is 5.73 Å². The lowest BCUT2D eigenvalue weighted by Crippen LogP contribution is -2.22. The summed E-state index contributed by atoms with van der Waals surface area (Å²) in [7, 11) is 1.96. The molecule has 0 fully saturated rings. The number of anilines is 2. The van der Waals surface area contributed by atoms with Crippen LogP contribution in [0.1, 0.15) is 18.1 Å². The predicted molar refractivity (Wildman–Crippen MR) is 134 cm³/mol. The number of hydrogen-bond acceptors (Lipinski definition) is 6. The number of benzene rings is 2. The number of hydrogen-bond donors (Lipinski definition) is 4. The fraction of sp³-hybridized carbons (Fsp3) is 0.231. The van der Waals surface area contributed by atoms with Crippen molar-refractivity contribution in [1.29, 1.82) is 0 Å². The van der Waals surface area contributed by atoms with Crippen LogP contribution in [0.3, 0.4) is 0 Å². The number of ether oxygens (including phenoxy) is 1. The molecule has 4 rings (SSSR count). The third kappa shape index (κ3) is 5.42. The molecule has 0 bridgehead atoms. The van der Waals surface area contributed by atoms with Gasteiger partial charge in [-0.3, -0.25) is 4.90 Å². The molecule has 0 spiro atoms. The average molecular weight is 478 g/mol. The van der Waals surface area contributed by atoms with Crippen molar-refractivity contribution in [3.8, 4) is 17.0 Å². The molecule has 0 aliphatic carbocycles. The molecule has 8 nitrogen and oxygen atoms in total. The third-order valence-electron chi connectivity index (χ3n) is 5.80. The van der Waals surface area contributed by atoms with E-state index >= 15 is 0 Å². The van der Waals surface area contributed by atoms with E-state index in [1.54, 1.807) is 12.1 Å². The monoisotopic (exact) mass is 477 g/mol. The number of rotatable bonds is 9. The van der Waals surface area contributed by atoms with E-state index in [1.807, 2.05) is 30.1 Å². The number of aromatic nitrogens is 2. The minimum atomic E-state index is -0.946. The van der Waals surface area contributed by atoms with Gasteiger partial charge in [0.05, 0.1) is 18.5 Å². The van der Waals surface area contributed by atoms with Crippen molar-refractivity contribution in [1.82, 2.24) is 14.9 Å². The Morgan fingerprint density at radius 1 is 1.26 bits per heavy atom. The van der Waals surface area contributed by atoms with Gasteiger partial charge in [0.15, 0.2) is 5.75 Å². The molecule has 0 saturated carbocycles. The summed E-state index contributed by atoms with van der Waals surface area (Å²) in [5, 5.41) is 13.4. The molecule has 9 heteroatoms. The Kier molecular flexibility index (Phi) is 7.28. The number of aromatic amines is 1.